The van der Waals surface area contributed by atoms with Gasteiger partial charge in [-0.15, -0.1) is 0 Å². The number of nitriles is 1. The second kappa shape index (κ2) is 5.69. The van der Waals surface area contributed by atoms with Crippen LogP contribution in [0.15, 0.2) is 42.7 Å². The summed E-state index contributed by atoms with van der Waals surface area (Å²) in [7, 11) is -3.46. The Morgan fingerprint density at radius 3 is 2.74 bits per heavy atom. The highest BCUT2D eigenvalue weighted by Gasteiger charge is 2.13. The van der Waals surface area contributed by atoms with E-state index >= 15 is 0 Å². The molecule has 0 aliphatic heterocycles. The number of H-pyrrole nitrogens is 1. The minimum absolute atomic E-state index is 0.193. The zero-order chi connectivity index (χ0) is 13.7. The molecule has 0 amide bonds. The average Bonchev–Trinajstić information content (AvgIpc) is 2.90. The highest BCUT2D eigenvalue weighted by molar-refractivity contribution is 7.88. The van der Waals surface area contributed by atoms with E-state index in [-0.39, 0.29) is 12.3 Å². The molecule has 0 radical (unpaired) electrons. The van der Waals surface area contributed by atoms with Crippen LogP contribution in [0, 0.1) is 11.3 Å². The second-order valence-corrected chi connectivity index (χ2v) is 5.88. The van der Waals surface area contributed by atoms with E-state index in [0.717, 1.165) is 5.56 Å². The molecule has 2 N–H and O–H groups in total. The summed E-state index contributed by atoms with van der Waals surface area (Å²) in [5, 5.41) is 8.93. The van der Waals surface area contributed by atoms with E-state index in [2.05, 4.69) is 9.71 Å². The van der Waals surface area contributed by atoms with E-state index in [9.17, 15) is 8.42 Å². The number of nitrogens with zero attached hydrogens (tertiary/aromatic N) is 1. The van der Waals surface area contributed by atoms with Crippen molar-refractivity contribution in [2.24, 2.45) is 0 Å². The van der Waals surface area contributed by atoms with Gasteiger partial charge in [-0.3, -0.25) is 0 Å². The normalized spacial score (nSPS) is 11.1. The summed E-state index contributed by atoms with van der Waals surface area (Å²) in [6.07, 6.45) is 3.46. The predicted octanol–water partition coefficient (Wildman–Crippen LogP) is 1.51. The molecule has 5 nitrogen and oxygen atoms in total. The van der Waals surface area contributed by atoms with Crippen molar-refractivity contribution in [3.8, 4) is 6.07 Å². The van der Waals surface area contributed by atoms with Crippen molar-refractivity contribution in [1.82, 2.24) is 9.71 Å². The molecule has 1 aromatic heterocycles. The maximum atomic E-state index is 11.9. The molecule has 0 aliphatic carbocycles. The molecule has 1 aromatic carbocycles. The van der Waals surface area contributed by atoms with Crippen molar-refractivity contribution in [3.05, 3.63) is 59.4 Å². The van der Waals surface area contributed by atoms with E-state index in [4.69, 9.17) is 5.26 Å². The first kappa shape index (κ1) is 13.3. The van der Waals surface area contributed by atoms with Gasteiger partial charge in [0, 0.05) is 18.9 Å². The first-order chi connectivity index (χ1) is 9.11. The quantitative estimate of drug-likeness (QED) is 0.867. The Morgan fingerprint density at radius 1 is 1.26 bits per heavy atom. The Bertz CT molecular complexity index is 685. The fourth-order valence-electron chi connectivity index (χ4n) is 1.67. The summed E-state index contributed by atoms with van der Waals surface area (Å²) >= 11 is 0. The van der Waals surface area contributed by atoms with Gasteiger partial charge in [0.2, 0.25) is 10.0 Å². The van der Waals surface area contributed by atoms with Gasteiger partial charge in [-0.05, 0) is 23.3 Å². The van der Waals surface area contributed by atoms with E-state index in [1.165, 1.54) is 0 Å². The largest absolute Gasteiger partial charge is 0.367 e. The zero-order valence-corrected chi connectivity index (χ0v) is 10.9. The molecule has 6 heteroatoms. The van der Waals surface area contributed by atoms with Gasteiger partial charge in [0.05, 0.1) is 17.4 Å². The molecule has 2 rings (SSSR count). The fourth-order valence-corrected chi connectivity index (χ4v) is 2.82. The lowest BCUT2D eigenvalue weighted by molar-refractivity contribution is 0.580. The molecule has 0 saturated heterocycles. The highest BCUT2D eigenvalue weighted by Crippen LogP contribution is 2.11. The molecule has 1 heterocycles. The third kappa shape index (κ3) is 3.68. The summed E-state index contributed by atoms with van der Waals surface area (Å²) < 4.78 is 26.4. The zero-order valence-electron chi connectivity index (χ0n) is 10.1. The van der Waals surface area contributed by atoms with Gasteiger partial charge in [-0.25, -0.2) is 13.1 Å². The molecule has 19 heavy (non-hydrogen) atoms. The van der Waals surface area contributed by atoms with Crippen LogP contribution in [0.1, 0.15) is 16.7 Å². The standard InChI is InChI=1S/C13H13N3O2S/c14-7-12-3-1-2-4-13(12)10-19(17,18)16-9-11-5-6-15-8-11/h1-6,8,15-16H,9-10H2. The van der Waals surface area contributed by atoms with Crippen LogP contribution in [0.3, 0.4) is 0 Å². The number of sulfonamides is 1. The molecular formula is C13H13N3O2S. The van der Waals surface area contributed by atoms with Crippen LogP contribution in [0.5, 0.6) is 0 Å². The van der Waals surface area contributed by atoms with Crippen LogP contribution in [-0.2, 0) is 22.3 Å². The molecule has 2 aromatic rings. The molecule has 0 unspecified atom stereocenters. The number of aromatic amines is 1. The Labute approximate surface area is 111 Å². The monoisotopic (exact) mass is 275 g/mol. The number of aromatic nitrogens is 1. The van der Waals surface area contributed by atoms with Crippen LogP contribution in [-0.4, -0.2) is 13.4 Å². The Hall–Kier alpha value is -2.10. The summed E-state index contributed by atoms with van der Waals surface area (Å²) in [6, 6.07) is 10.5. The van der Waals surface area contributed by atoms with Gasteiger partial charge < -0.3 is 4.98 Å². The van der Waals surface area contributed by atoms with E-state index < -0.39 is 10.0 Å². The van der Waals surface area contributed by atoms with Gasteiger partial charge in [0.1, 0.15) is 0 Å². The highest BCUT2D eigenvalue weighted by atomic mass is 32.2. The number of benzene rings is 1. The number of hydrogen-bond acceptors (Lipinski definition) is 3. The minimum Gasteiger partial charge on any atom is -0.367 e. The summed E-state index contributed by atoms with van der Waals surface area (Å²) in [4.78, 5) is 2.86. The van der Waals surface area contributed by atoms with E-state index in [1.807, 2.05) is 6.07 Å². The van der Waals surface area contributed by atoms with Crippen LogP contribution in [0.25, 0.3) is 0 Å². The average molecular weight is 275 g/mol. The van der Waals surface area contributed by atoms with Crippen molar-refractivity contribution in [2.75, 3.05) is 0 Å². The molecule has 0 bridgehead atoms. The first-order valence-electron chi connectivity index (χ1n) is 5.68. The van der Waals surface area contributed by atoms with Crippen molar-refractivity contribution in [1.29, 1.82) is 5.26 Å². The molecule has 98 valence electrons. The van der Waals surface area contributed by atoms with Gasteiger partial charge in [-0.2, -0.15) is 5.26 Å². The Kier molecular flexibility index (Phi) is 4.00. The molecule has 0 saturated carbocycles. The number of nitrogens with one attached hydrogen (secondary N) is 2. The first-order valence-corrected chi connectivity index (χ1v) is 7.33. The maximum absolute atomic E-state index is 11.9. The summed E-state index contributed by atoms with van der Waals surface area (Å²) in [5.74, 6) is -0.193. The third-order valence-electron chi connectivity index (χ3n) is 2.64. The van der Waals surface area contributed by atoms with Crippen LogP contribution in [0.2, 0.25) is 0 Å². The van der Waals surface area contributed by atoms with E-state index in [1.54, 1.807) is 42.7 Å². The lowest BCUT2D eigenvalue weighted by atomic mass is 10.1. The van der Waals surface area contributed by atoms with Crippen molar-refractivity contribution >= 4 is 10.0 Å². The Morgan fingerprint density at radius 2 is 2.05 bits per heavy atom. The SMILES string of the molecule is N#Cc1ccccc1CS(=O)(=O)NCc1cc[nH]c1. The van der Waals surface area contributed by atoms with Crippen molar-refractivity contribution in [3.63, 3.8) is 0 Å². The van der Waals surface area contributed by atoms with Gasteiger partial charge in [0.15, 0.2) is 0 Å². The van der Waals surface area contributed by atoms with Crippen LogP contribution in [0.4, 0.5) is 0 Å². The lowest BCUT2D eigenvalue weighted by Crippen LogP contribution is -2.24. The third-order valence-corrected chi connectivity index (χ3v) is 3.92. The molecule has 0 spiro atoms. The molecular weight excluding hydrogens is 262 g/mol. The number of hydrogen-bond donors (Lipinski definition) is 2. The van der Waals surface area contributed by atoms with Crippen LogP contribution >= 0.6 is 0 Å². The smallest absolute Gasteiger partial charge is 0.216 e. The van der Waals surface area contributed by atoms with Crippen LogP contribution < -0.4 is 4.72 Å². The summed E-state index contributed by atoms with van der Waals surface area (Å²) in [6.45, 7) is 0.237. The van der Waals surface area contributed by atoms with Crippen molar-refractivity contribution < 1.29 is 8.42 Å². The summed E-state index contributed by atoms with van der Waals surface area (Å²) in [5.41, 5.74) is 1.75. The topological polar surface area (TPSA) is 85.8 Å². The van der Waals surface area contributed by atoms with Gasteiger partial charge >= 0.3 is 0 Å². The molecule has 0 aliphatic rings. The lowest BCUT2D eigenvalue weighted by Gasteiger charge is -2.07. The maximum Gasteiger partial charge on any atom is 0.216 e. The minimum atomic E-state index is -3.46. The van der Waals surface area contributed by atoms with Gasteiger partial charge in [0.25, 0.3) is 0 Å². The molecule has 0 fully saturated rings. The van der Waals surface area contributed by atoms with E-state index in [0.29, 0.717) is 11.1 Å². The number of rotatable bonds is 5. The predicted molar refractivity (Wildman–Crippen MR) is 71.4 cm³/mol. The van der Waals surface area contributed by atoms with Gasteiger partial charge in [-0.1, -0.05) is 18.2 Å². The Balaban J connectivity index is 2.07. The second-order valence-electron chi connectivity index (χ2n) is 4.07. The molecule has 0 atom stereocenters. The van der Waals surface area contributed by atoms with Crippen molar-refractivity contribution in [2.45, 2.75) is 12.3 Å². The fraction of sp³-hybridized carbons (Fsp3) is 0.154.